The van der Waals surface area contributed by atoms with Crippen molar-refractivity contribution >= 4 is 11.6 Å². The summed E-state index contributed by atoms with van der Waals surface area (Å²) < 4.78 is 0. The van der Waals surface area contributed by atoms with Crippen molar-refractivity contribution in [2.45, 2.75) is 25.7 Å². The lowest BCUT2D eigenvalue weighted by atomic mass is 9.89. The van der Waals surface area contributed by atoms with Crippen LogP contribution in [0.25, 0.3) is 0 Å². The lowest BCUT2D eigenvalue weighted by Gasteiger charge is -2.34. The molecule has 1 fully saturated rings. The van der Waals surface area contributed by atoms with Crippen LogP contribution < -0.4 is 0 Å². The van der Waals surface area contributed by atoms with E-state index >= 15 is 0 Å². The van der Waals surface area contributed by atoms with Crippen molar-refractivity contribution < 1.29 is 5.11 Å². The molecular weight excluding hydrogens is 234 g/mol. The van der Waals surface area contributed by atoms with Gasteiger partial charge in [-0.2, -0.15) is 0 Å². The Labute approximate surface area is 108 Å². The number of piperidine rings is 1. The van der Waals surface area contributed by atoms with Gasteiger partial charge in [-0.3, -0.25) is 0 Å². The summed E-state index contributed by atoms with van der Waals surface area (Å²) in [5.41, 5.74) is 2.15. The van der Waals surface area contributed by atoms with Crippen LogP contribution in [0.1, 0.15) is 31.2 Å². The van der Waals surface area contributed by atoms with Crippen LogP contribution in [-0.2, 0) is 0 Å². The van der Waals surface area contributed by atoms with E-state index in [1.165, 1.54) is 0 Å². The number of hydrogen-bond acceptors (Lipinski definition) is 2. The van der Waals surface area contributed by atoms with Crippen molar-refractivity contribution in [3.8, 4) is 5.75 Å². The molecule has 1 aliphatic heterocycles. The van der Waals surface area contributed by atoms with Crippen molar-refractivity contribution in [3.05, 3.63) is 41.1 Å². The predicted octanol–water partition coefficient (Wildman–Crippen LogP) is 3.76. The van der Waals surface area contributed by atoms with E-state index < -0.39 is 0 Å². The smallest absolute Gasteiger partial charge is 0.120 e. The van der Waals surface area contributed by atoms with Crippen molar-refractivity contribution in [1.82, 2.24) is 4.90 Å². The molecule has 1 aliphatic rings. The summed E-state index contributed by atoms with van der Waals surface area (Å²) in [6.45, 7) is 8.04. The van der Waals surface area contributed by atoms with Crippen LogP contribution in [0, 0.1) is 0 Å². The number of benzene rings is 1. The van der Waals surface area contributed by atoms with E-state index in [1.807, 2.05) is 19.1 Å². The number of halogens is 1. The molecule has 2 nitrogen and oxygen atoms in total. The zero-order chi connectivity index (χ0) is 12.4. The van der Waals surface area contributed by atoms with Gasteiger partial charge >= 0.3 is 0 Å². The van der Waals surface area contributed by atoms with Crippen LogP contribution in [-0.4, -0.2) is 23.1 Å². The Balaban J connectivity index is 2.08. The van der Waals surface area contributed by atoms with Crippen molar-refractivity contribution in [1.29, 1.82) is 0 Å². The van der Waals surface area contributed by atoms with E-state index in [9.17, 15) is 5.11 Å². The zero-order valence-electron chi connectivity index (χ0n) is 10.1. The molecule has 1 saturated heterocycles. The van der Waals surface area contributed by atoms with Crippen LogP contribution in [0.2, 0.25) is 5.02 Å². The first-order valence-corrected chi connectivity index (χ1v) is 6.34. The first-order valence-electron chi connectivity index (χ1n) is 5.97. The van der Waals surface area contributed by atoms with Gasteiger partial charge in [0.25, 0.3) is 0 Å². The molecule has 0 unspecified atom stereocenters. The minimum Gasteiger partial charge on any atom is -0.508 e. The molecule has 17 heavy (non-hydrogen) atoms. The van der Waals surface area contributed by atoms with E-state index in [0.717, 1.165) is 37.2 Å². The van der Waals surface area contributed by atoms with Crippen LogP contribution in [0.5, 0.6) is 5.75 Å². The van der Waals surface area contributed by atoms with E-state index in [0.29, 0.717) is 16.7 Å². The lowest BCUT2D eigenvalue weighted by Crippen LogP contribution is -2.31. The minimum absolute atomic E-state index is 0.325. The van der Waals surface area contributed by atoms with E-state index in [1.54, 1.807) is 6.07 Å². The Bertz CT molecular complexity index is 422. The summed E-state index contributed by atoms with van der Waals surface area (Å²) in [6.07, 6.45) is 2.12. The molecule has 92 valence electrons. The van der Waals surface area contributed by atoms with Crippen LogP contribution in [0.3, 0.4) is 0 Å². The quantitative estimate of drug-likeness (QED) is 0.865. The number of hydrogen-bond donors (Lipinski definition) is 1. The Kier molecular flexibility index (Phi) is 3.63. The van der Waals surface area contributed by atoms with Gasteiger partial charge in [0, 0.05) is 23.8 Å². The molecule has 1 aromatic rings. The molecule has 0 aliphatic carbocycles. The highest BCUT2D eigenvalue weighted by Crippen LogP contribution is 2.35. The largest absolute Gasteiger partial charge is 0.508 e. The van der Waals surface area contributed by atoms with Crippen LogP contribution >= 0.6 is 11.6 Å². The maximum atomic E-state index is 9.90. The average Bonchev–Trinajstić information content (AvgIpc) is 2.29. The topological polar surface area (TPSA) is 23.5 Å². The molecule has 1 heterocycles. The SMILES string of the molecule is C=C(C)N1CCC(c2ccc(Cl)cc2O)CC1. The van der Waals surface area contributed by atoms with Crippen LogP contribution in [0.15, 0.2) is 30.5 Å². The molecule has 0 amide bonds. The zero-order valence-corrected chi connectivity index (χ0v) is 10.9. The molecule has 0 bridgehead atoms. The lowest BCUT2D eigenvalue weighted by molar-refractivity contribution is 0.262. The van der Waals surface area contributed by atoms with Gasteiger partial charge in [0.1, 0.15) is 5.75 Å². The fourth-order valence-electron chi connectivity index (χ4n) is 2.43. The highest BCUT2D eigenvalue weighted by atomic mass is 35.5. The maximum absolute atomic E-state index is 9.90. The minimum atomic E-state index is 0.325. The van der Waals surface area contributed by atoms with E-state index in [4.69, 9.17) is 11.6 Å². The first-order chi connectivity index (χ1) is 8.08. The van der Waals surface area contributed by atoms with Gasteiger partial charge in [0.05, 0.1) is 0 Å². The summed E-state index contributed by atoms with van der Waals surface area (Å²) >= 11 is 5.84. The molecule has 0 atom stereocenters. The van der Waals surface area contributed by atoms with E-state index in [2.05, 4.69) is 11.5 Å². The Morgan fingerprint density at radius 1 is 1.41 bits per heavy atom. The number of aromatic hydroxyl groups is 1. The van der Waals surface area contributed by atoms with Gasteiger partial charge < -0.3 is 10.0 Å². The second kappa shape index (κ2) is 5.01. The summed E-state index contributed by atoms with van der Waals surface area (Å²) in [4.78, 5) is 2.30. The third-order valence-corrected chi connectivity index (χ3v) is 3.70. The second-order valence-electron chi connectivity index (χ2n) is 4.70. The Morgan fingerprint density at radius 2 is 2.06 bits per heavy atom. The summed E-state index contributed by atoms with van der Waals surface area (Å²) in [6, 6.07) is 5.42. The van der Waals surface area contributed by atoms with Crippen molar-refractivity contribution in [3.63, 3.8) is 0 Å². The highest BCUT2D eigenvalue weighted by molar-refractivity contribution is 6.30. The van der Waals surface area contributed by atoms with Crippen molar-refractivity contribution in [2.24, 2.45) is 0 Å². The number of phenolic OH excluding ortho intramolecular Hbond substituents is 1. The summed E-state index contributed by atoms with van der Waals surface area (Å²) in [7, 11) is 0. The molecule has 0 radical (unpaired) electrons. The Hall–Kier alpha value is -1.15. The molecule has 0 saturated carbocycles. The molecule has 1 aromatic carbocycles. The third kappa shape index (κ3) is 2.75. The van der Waals surface area contributed by atoms with Crippen LogP contribution in [0.4, 0.5) is 0 Å². The molecule has 0 aromatic heterocycles. The van der Waals surface area contributed by atoms with Gasteiger partial charge in [-0.1, -0.05) is 24.2 Å². The summed E-state index contributed by atoms with van der Waals surface area (Å²) in [5.74, 6) is 0.758. The average molecular weight is 252 g/mol. The first kappa shape index (κ1) is 12.3. The fourth-order valence-corrected chi connectivity index (χ4v) is 2.60. The van der Waals surface area contributed by atoms with Gasteiger partial charge in [0.15, 0.2) is 0 Å². The second-order valence-corrected chi connectivity index (χ2v) is 5.14. The van der Waals surface area contributed by atoms with Gasteiger partial charge in [0.2, 0.25) is 0 Å². The number of nitrogens with zero attached hydrogens (tertiary/aromatic N) is 1. The van der Waals surface area contributed by atoms with Gasteiger partial charge in [-0.05, 0) is 43.4 Å². The normalized spacial score (nSPS) is 17.2. The molecular formula is C14H18ClNO. The standard InChI is InChI=1S/C14H18ClNO/c1-10(2)16-7-5-11(6-8-16)13-4-3-12(15)9-14(13)17/h3-4,9,11,17H,1,5-8H2,2H3. The number of rotatable bonds is 2. The number of phenols is 1. The van der Waals surface area contributed by atoms with Crippen molar-refractivity contribution in [2.75, 3.05) is 13.1 Å². The molecule has 2 rings (SSSR count). The molecule has 0 spiro atoms. The highest BCUT2D eigenvalue weighted by Gasteiger charge is 2.22. The fraction of sp³-hybridized carbons (Fsp3) is 0.429. The Morgan fingerprint density at radius 3 is 2.59 bits per heavy atom. The third-order valence-electron chi connectivity index (χ3n) is 3.47. The predicted molar refractivity (Wildman–Crippen MR) is 71.5 cm³/mol. The molecule has 1 N–H and O–H groups in total. The molecule has 3 heteroatoms. The van der Waals surface area contributed by atoms with E-state index in [-0.39, 0.29) is 0 Å². The van der Waals surface area contributed by atoms with Gasteiger partial charge in [-0.25, -0.2) is 0 Å². The monoisotopic (exact) mass is 251 g/mol. The summed E-state index contributed by atoms with van der Waals surface area (Å²) in [5, 5.41) is 10.5. The number of likely N-dealkylation sites (tertiary alicyclic amines) is 1. The maximum Gasteiger partial charge on any atom is 0.120 e. The number of allylic oxidation sites excluding steroid dienone is 1. The van der Waals surface area contributed by atoms with Gasteiger partial charge in [-0.15, -0.1) is 0 Å².